The van der Waals surface area contributed by atoms with Crippen LogP contribution in [0.1, 0.15) is 31.4 Å². The first-order valence-corrected chi connectivity index (χ1v) is 6.00. The molecule has 0 saturated carbocycles. The monoisotopic (exact) mass is 288 g/mol. The summed E-state index contributed by atoms with van der Waals surface area (Å²) in [6.45, 7) is 5.91. The van der Waals surface area contributed by atoms with Crippen LogP contribution >= 0.6 is 27.5 Å². The van der Waals surface area contributed by atoms with Crippen LogP contribution < -0.4 is 0 Å². The molecule has 1 atom stereocenters. The smallest absolute Gasteiger partial charge is 0.0827 e. The summed E-state index contributed by atoms with van der Waals surface area (Å²) in [5.41, 5.74) is 1.86. The molecule has 0 aromatic heterocycles. The molecule has 1 nitrogen and oxygen atoms in total. The van der Waals surface area contributed by atoms with E-state index in [4.69, 9.17) is 11.6 Å². The lowest BCUT2D eigenvalue weighted by molar-refractivity contribution is 0.177. The fourth-order valence-electron chi connectivity index (χ4n) is 1.30. The molecule has 82 valence electrons. The Kier molecular flexibility index (Phi) is 4.84. The highest BCUT2D eigenvalue weighted by Gasteiger charge is 2.10. The summed E-state index contributed by atoms with van der Waals surface area (Å²) >= 11 is 9.25. The molecule has 15 heavy (non-hydrogen) atoms. The van der Waals surface area contributed by atoms with E-state index in [-0.39, 0.29) is 0 Å². The highest BCUT2D eigenvalue weighted by atomic mass is 79.9. The molecule has 3 heteroatoms. The van der Waals surface area contributed by atoms with Crippen molar-refractivity contribution in [2.45, 2.75) is 25.9 Å². The molecular formula is C12H14BrClO. The summed E-state index contributed by atoms with van der Waals surface area (Å²) in [6, 6.07) is 5.45. The largest absolute Gasteiger partial charge is 0.388 e. The van der Waals surface area contributed by atoms with Crippen LogP contribution in [0.5, 0.6) is 0 Å². The van der Waals surface area contributed by atoms with Gasteiger partial charge in [-0.1, -0.05) is 46.6 Å². The molecule has 0 heterocycles. The van der Waals surface area contributed by atoms with Crippen molar-refractivity contribution in [3.8, 4) is 0 Å². The first-order chi connectivity index (χ1) is 7.02. The maximum absolute atomic E-state index is 9.93. The van der Waals surface area contributed by atoms with Crippen LogP contribution in [0.4, 0.5) is 0 Å². The van der Waals surface area contributed by atoms with Crippen molar-refractivity contribution in [3.63, 3.8) is 0 Å². The second kappa shape index (κ2) is 5.69. The molecule has 0 fully saturated rings. The minimum Gasteiger partial charge on any atom is -0.388 e. The zero-order valence-corrected chi connectivity index (χ0v) is 11.0. The minimum absolute atomic E-state index is 0.521. The van der Waals surface area contributed by atoms with E-state index in [2.05, 4.69) is 22.5 Å². The maximum atomic E-state index is 9.93. The maximum Gasteiger partial charge on any atom is 0.0827 e. The molecule has 0 bridgehead atoms. The molecule has 1 aromatic rings. The Hall–Kier alpha value is -0.310. The lowest BCUT2D eigenvalue weighted by Gasteiger charge is -2.12. The lowest BCUT2D eigenvalue weighted by atomic mass is 10.0. The van der Waals surface area contributed by atoms with Gasteiger partial charge in [-0.15, -0.1) is 0 Å². The molecule has 0 aliphatic carbocycles. The Morgan fingerprint density at radius 1 is 1.53 bits per heavy atom. The van der Waals surface area contributed by atoms with Gasteiger partial charge in [0.05, 0.1) is 6.10 Å². The zero-order chi connectivity index (χ0) is 11.4. The quantitative estimate of drug-likeness (QED) is 0.810. The second-order valence-corrected chi connectivity index (χ2v) is 4.88. The van der Waals surface area contributed by atoms with Crippen LogP contribution in [0.3, 0.4) is 0 Å². The van der Waals surface area contributed by atoms with Crippen molar-refractivity contribution in [1.29, 1.82) is 0 Å². The van der Waals surface area contributed by atoms with E-state index in [0.717, 1.165) is 22.0 Å². The Balaban J connectivity index is 2.81. The Labute approximate surface area is 104 Å². The first kappa shape index (κ1) is 12.8. The number of hydrogen-bond acceptors (Lipinski definition) is 1. The minimum atomic E-state index is -0.521. The average Bonchev–Trinajstić information content (AvgIpc) is 2.16. The van der Waals surface area contributed by atoms with E-state index in [1.165, 1.54) is 0 Å². The van der Waals surface area contributed by atoms with Gasteiger partial charge in [-0.2, -0.15) is 0 Å². The third kappa shape index (κ3) is 3.98. The van der Waals surface area contributed by atoms with Crippen molar-refractivity contribution < 1.29 is 5.11 Å². The fraction of sp³-hybridized carbons (Fsp3) is 0.333. The van der Waals surface area contributed by atoms with Gasteiger partial charge in [0.1, 0.15) is 0 Å². The van der Waals surface area contributed by atoms with Crippen LogP contribution in [0, 0.1) is 0 Å². The van der Waals surface area contributed by atoms with Gasteiger partial charge in [-0.25, -0.2) is 0 Å². The summed E-state index contributed by atoms with van der Waals surface area (Å²) in [5, 5.41) is 10.6. The van der Waals surface area contributed by atoms with Crippen molar-refractivity contribution >= 4 is 27.5 Å². The van der Waals surface area contributed by atoms with E-state index >= 15 is 0 Å². The van der Waals surface area contributed by atoms with Gasteiger partial charge in [0.15, 0.2) is 0 Å². The normalized spacial score (nSPS) is 12.5. The SMILES string of the molecule is C=C(CC)CC(O)c1cc(Cl)cc(Br)c1. The van der Waals surface area contributed by atoms with Gasteiger partial charge in [-0.3, -0.25) is 0 Å². The third-order valence-electron chi connectivity index (χ3n) is 2.25. The average molecular weight is 290 g/mol. The molecular weight excluding hydrogens is 275 g/mol. The molecule has 0 spiro atoms. The van der Waals surface area contributed by atoms with Crippen molar-refractivity contribution in [3.05, 3.63) is 45.4 Å². The first-order valence-electron chi connectivity index (χ1n) is 4.83. The summed E-state index contributed by atoms with van der Waals surface area (Å²) in [7, 11) is 0. The topological polar surface area (TPSA) is 20.2 Å². The van der Waals surface area contributed by atoms with E-state index in [0.29, 0.717) is 11.4 Å². The van der Waals surface area contributed by atoms with Gasteiger partial charge in [-0.05, 0) is 36.6 Å². The van der Waals surface area contributed by atoms with Crippen LogP contribution in [0.25, 0.3) is 0 Å². The molecule has 0 amide bonds. The van der Waals surface area contributed by atoms with E-state index < -0.39 is 6.10 Å². The summed E-state index contributed by atoms with van der Waals surface area (Å²) < 4.78 is 0.881. The molecule has 1 unspecified atom stereocenters. The van der Waals surface area contributed by atoms with Gasteiger partial charge >= 0.3 is 0 Å². The van der Waals surface area contributed by atoms with E-state index in [9.17, 15) is 5.11 Å². The third-order valence-corrected chi connectivity index (χ3v) is 2.93. The van der Waals surface area contributed by atoms with Crippen molar-refractivity contribution in [2.75, 3.05) is 0 Å². The predicted octanol–water partition coefficient (Wildman–Crippen LogP) is 4.49. The highest BCUT2D eigenvalue weighted by molar-refractivity contribution is 9.10. The van der Waals surface area contributed by atoms with Gasteiger partial charge in [0.2, 0.25) is 0 Å². The standard InChI is InChI=1S/C12H14BrClO/c1-3-8(2)4-12(15)9-5-10(13)7-11(14)6-9/h5-7,12,15H,2-4H2,1H3. The Bertz CT molecular complexity index is 342. The number of hydrogen-bond donors (Lipinski definition) is 1. The molecule has 1 aromatic carbocycles. The summed E-state index contributed by atoms with van der Waals surface area (Å²) in [5.74, 6) is 0. The molecule has 0 saturated heterocycles. The molecule has 1 N–H and O–H groups in total. The molecule has 0 aliphatic heterocycles. The van der Waals surface area contributed by atoms with E-state index in [1.807, 2.05) is 13.0 Å². The number of benzene rings is 1. The highest BCUT2D eigenvalue weighted by Crippen LogP contribution is 2.27. The van der Waals surface area contributed by atoms with Crippen molar-refractivity contribution in [1.82, 2.24) is 0 Å². The fourth-order valence-corrected chi connectivity index (χ4v) is 2.19. The summed E-state index contributed by atoms with van der Waals surface area (Å²) in [6.07, 6.45) is 0.953. The van der Waals surface area contributed by atoms with Crippen LogP contribution in [-0.4, -0.2) is 5.11 Å². The van der Waals surface area contributed by atoms with Crippen LogP contribution in [0.15, 0.2) is 34.8 Å². The number of aliphatic hydroxyl groups is 1. The number of halogens is 2. The van der Waals surface area contributed by atoms with Gasteiger partial charge in [0.25, 0.3) is 0 Å². The Morgan fingerprint density at radius 3 is 2.73 bits per heavy atom. The number of aliphatic hydroxyl groups excluding tert-OH is 1. The zero-order valence-electron chi connectivity index (χ0n) is 8.63. The predicted molar refractivity (Wildman–Crippen MR) is 68.2 cm³/mol. The van der Waals surface area contributed by atoms with Crippen LogP contribution in [-0.2, 0) is 0 Å². The second-order valence-electron chi connectivity index (χ2n) is 3.53. The molecule has 0 radical (unpaired) electrons. The molecule has 1 rings (SSSR count). The Morgan fingerprint density at radius 2 is 2.20 bits per heavy atom. The van der Waals surface area contributed by atoms with Crippen LogP contribution in [0.2, 0.25) is 5.02 Å². The van der Waals surface area contributed by atoms with Gasteiger partial charge in [0, 0.05) is 9.50 Å². The number of rotatable bonds is 4. The summed E-state index contributed by atoms with van der Waals surface area (Å²) in [4.78, 5) is 0. The van der Waals surface area contributed by atoms with E-state index in [1.54, 1.807) is 12.1 Å². The van der Waals surface area contributed by atoms with Crippen molar-refractivity contribution in [2.24, 2.45) is 0 Å². The van der Waals surface area contributed by atoms with Gasteiger partial charge < -0.3 is 5.11 Å². The molecule has 0 aliphatic rings. The lowest BCUT2D eigenvalue weighted by Crippen LogP contribution is -1.98.